The van der Waals surface area contributed by atoms with Crippen LogP contribution in [-0.2, 0) is 19.5 Å². The molecule has 0 saturated carbocycles. The lowest BCUT2D eigenvalue weighted by molar-refractivity contribution is -0.110. The van der Waals surface area contributed by atoms with Crippen molar-refractivity contribution in [1.29, 1.82) is 0 Å². The second kappa shape index (κ2) is 9.32. The van der Waals surface area contributed by atoms with E-state index < -0.39 is 22.4 Å². The van der Waals surface area contributed by atoms with Gasteiger partial charge in [0.1, 0.15) is 5.75 Å². The van der Waals surface area contributed by atoms with E-state index in [0.29, 0.717) is 5.75 Å². The number of ether oxygens (including phenoxy) is 3. The van der Waals surface area contributed by atoms with E-state index in [1.54, 1.807) is 49.4 Å². The molecule has 7 heteroatoms. The Balaban J connectivity index is 2.46. The first kappa shape index (κ1) is 19.8. The number of aryl methyl sites for hydroxylation is 1. The highest BCUT2D eigenvalue weighted by molar-refractivity contribution is 7.89. The van der Waals surface area contributed by atoms with Crippen molar-refractivity contribution in [3.8, 4) is 5.75 Å². The monoisotopic (exact) mass is 394 g/mol. The van der Waals surface area contributed by atoms with Crippen molar-refractivity contribution in [1.82, 2.24) is 4.31 Å². The van der Waals surface area contributed by atoms with Gasteiger partial charge in [-0.3, -0.25) is 0 Å². The summed E-state index contributed by atoms with van der Waals surface area (Å²) in [6.45, 7) is 3.72. The molecule has 0 aliphatic heterocycles. The molecule has 0 amide bonds. The zero-order chi connectivity index (χ0) is 20.7. The molecule has 0 saturated heterocycles. The fraction of sp³-hybridized carbons (Fsp3) is 0.400. The molecule has 0 bridgehead atoms. The minimum Gasteiger partial charge on any atom is -0.497 e. The molecule has 0 aromatic heterocycles. The Bertz CT molecular complexity index is 853. The molecule has 2 aromatic carbocycles. The van der Waals surface area contributed by atoms with Crippen LogP contribution in [0.15, 0.2) is 53.4 Å². The zero-order valence-corrected chi connectivity index (χ0v) is 16.9. The van der Waals surface area contributed by atoms with E-state index in [9.17, 15) is 8.42 Å². The third-order valence-electron chi connectivity index (χ3n) is 4.42. The Hall–Kier alpha value is -1.93. The van der Waals surface area contributed by atoms with Gasteiger partial charge in [-0.2, -0.15) is 4.31 Å². The number of hydrogen-bond acceptors (Lipinski definition) is 5. The predicted molar refractivity (Wildman–Crippen MR) is 104 cm³/mol. The van der Waals surface area contributed by atoms with E-state index in [2.05, 4.69) is 0 Å². The Labute approximate surface area is 163 Å². The molecule has 0 fully saturated rings. The Morgan fingerprint density at radius 1 is 1.11 bits per heavy atom. The highest BCUT2D eigenvalue weighted by atomic mass is 32.2. The van der Waals surface area contributed by atoms with Gasteiger partial charge in [0.25, 0.3) is 0 Å². The van der Waals surface area contributed by atoms with Gasteiger partial charge in [0, 0.05) is 20.3 Å². The fourth-order valence-electron chi connectivity index (χ4n) is 2.73. The van der Waals surface area contributed by atoms with Gasteiger partial charge < -0.3 is 14.2 Å². The summed E-state index contributed by atoms with van der Waals surface area (Å²) < 4.78 is 51.1. The zero-order valence-electron chi connectivity index (χ0n) is 17.1. The van der Waals surface area contributed by atoms with E-state index >= 15 is 0 Å². The molecule has 0 radical (unpaired) electrons. The number of sulfonamides is 1. The van der Waals surface area contributed by atoms with Crippen LogP contribution in [0.3, 0.4) is 0 Å². The normalized spacial score (nSPS) is 13.6. The van der Waals surface area contributed by atoms with Crippen LogP contribution in [0.5, 0.6) is 5.75 Å². The van der Waals surface area contributed by atoms with Crippen LogP contribution in [0.2, 0.25) is 0 Å². The molecule has 27 heavy (non-hydrogen) atoms. The van der Waals surface area contributed by atoms with E-state index in [-0.39, 0.29) is 18.5 Å². The third-order valence-corrected chi connectivity index (χ3v) is 6.37. The summed E-state index contributed by atoms with van der Waals surface area (Å²) >= 11 is 0. The van der Waals surface area contributed by atoms with Crippen molar-refractivity contribution in [3.63, 3.8) is 0 Å². The number of benzene rings is 2. The molecule has 6 nitrogen and oxygen atoms in total. The molecule has 2 aromatic rings. The molecule has 0 spiro atoms. The first-order valence-electron chi connectivity index (χ1n) is 9.20. The summed E-state index contributed by atoms with van der Waals surface area (Å²) in [5.74, 6) is 0.516. The predicted octanol–water partition coefficient (Wildman–Crippen LogP) is 3.37. The van der Waals surface area contributed by atoms with Crippen LogP contribution >= 0.6 is 0 Å². The summed E-state index contributed by atoms with van der Waals surface area (Å²) in [4.78, 5) is 0.203. The molecule has 0 aliphatic carbocycles. The van der Waals surface area contributed by atoms with E-state index in [1.165, 1.54) is 18.5 Å². The maximum absolute atomic E-state index is 13.4. The van der Waals surface area contributed by atoms with Crippen molar-refractivity contribution in [3.05, 3.63) is 59.7 Å². The molecular weight excluding hydrogens is 366 g/mol. The summed E-state index contributed by atoms with van der Waals surface area (Å²) in [6.07, 6.45) is -0.713. The van der Waals surface area contributed by atoms with Gasteiger partial charge in [-0.1, -0.05) is 29.8 Å². The van der Waals surface area contributed by atoms with Crippen LogP contribution in [0.4, 0.5) is 0 Å². The van der Waals surface area contributed by atoms with Crippen LogP contribution in [0, 0.1) is 6.92 Å². The lowest BCUT2D eigenvalue weighted by Gasteiger charge is -2.31. The first-order chi connectivity index (χ1) is 13.3. The van der Waals surface area contributed by atoms with Gasteiger partial charge in [0.05, 0.1) is 19.9 Å². The van der Waals surface area contributed by atoms with Crippen molar-refractivity contribution in [2.75, 3.05) is 27.9 Å². The second-order valence-electron chi connectivity index (χ2n) is 6.18. The smallest absolute Gasteiger partial charge is 0.243 e. The minimum absolute atomic E-state index is 0.0217. The summed E-state index contributed by atoms with van der Waals surface area (Å²) in [6, 6.07) is 13.3. The molecule has 0 heterocycles. The molecule has 0 aliphatic rings. The molecule has 0 N–H and O–H groups in total. The highest BCUT2D eigenvalue weighted by Gasteiger charge is 2.32. The van der Waals surface area contributed by atoms with Gasteiger partial charge >= 0.3 is 0 Å². The SMILES string of the molecule is [2H]COc1cccc(C(C)N(CC(OC)OC)S(=O)(=O)c2ccc(C)cc2)c1. The third kappa shape index (κ3) is 5.07. The van der Waals surface area contributed by atoms with E-state index in [0.717, 1.165) is 11.1 Å². The van der Waals surface area contributed by atoms with E-state index in [4.69, 9.17) is 15.6 Å². The van der Waals surface area contributed by atoms with Crippen molar-refractivity contribution in [2.24, 2.45) is 0 Å². The minimum atomic E-state index is -3.81. The topological polar surface area (TPSA) is 65.1 Å². The van der Waals surface area contributed by atoms with Crippen LogP contribution in [0.25, 0.3) is 0 Å². The Morgan fingerprint density at radius 3 is 2.37 bits per heavy atom. The second-order valence-corrected chi connectivity index (χ2v) is 8.07. The van der Waals surface area contributed by atoms with Gasteiger partial charge in [-0.05, 0) is 43.7 Å². The fourth-order valence-corrected chi connectivity index (χ4v) is 4.34. The van der Waals surface area contributed by atoms with Crippen LogP contribution < -0.4 is 4.74 Å². The molecule has 1 unspecified atom stereocenters. The average Bonchev–Trinajstić information content (AvgIpc) is 2.69. The molecule has 1 atom stereocenters. The Kier molecular flexibility index (Phi) is 6.84. The lowest BCUT2D eigenvalue weighted by Crippen LogP contribution is -2.40. The molecule has 148 valence electrons. The van der Waals surface area contributed by atoms with Gasteiger partial charge in [-0.15, -0.1) is 0 Å². The van der Waals surface area contributed by atoms with Crippen molar-refractivity contribution >= 4 is 10.0 Å². The molecular formula is C20H27NO5S. The van der Waals surface area contributed by atoms with Gasteiger partial charge in [0.2, 0.25) is 10.0 Å². The maximum Gasteiger partial charge on any atom is 0.243 e. The van der Waals surface area contributed by atoms with Crippen molar-refractivity contribution in [2.45, 2.75) is 31.1 Å². The largest absolute Gasteiger partial charge is 0.497 e. The number of nitrogens with zero attached hydrogens (tertiary/aromatic N) is 1. The number of methoxy groups -OCH3 is 3. The first-order valence-corrected chi connectivity index (χ1v) is 9.93. The summed E-state index contributed by atoms with van der Waals surface area (Å²) in [7, 11) is -1.08. The number of hydrogen-bond donors (Lipinski definition) is 0. The van der Waals surface area contributed by atoms with Crippen LogP contribution in [-0.4, -0.2) is 46.9 Å². The van der Waals surface area contributed by atoms with Gasteiger partial charge in [-0.25, -0.2) is 8.42 Å². The van der Waals surface area contributed by atoms with Crippen LogP contribution in [0.1, 0.15) is 25.5 Å². The van der Waals surface area contributed by atoms with E-state index in [1.807, 2.05) is 13.0 Å². The lowest BCUT2D eigenvalue weighted by atomic mass is 10.1. The van der Waals surface area contributed by atoms with Crippen molar-refractivity contribution < 1.29 is 24.0 Å². The molecule has 2 rings (SSSR count). The maximum atomic E-state index is 13.4. The quantitative estimate of drug-likeness (QED) is 0.610. The average molecular weight is 395 g/mol. The Morgan fingerprint density at radius 2 is 1.78 bits per heavy atom. The summed E-state index contributed by atoms with van der Waals surface area (Å²) in [5, 5.41) is 0. The number of rotatable bonds is 9. The van der Waals surface area contributed by atoms with Gasteiger partial charge in [0.15, 0.2) is 6.29 Å². The highest BCUT2D eigenvalue weighted by Crippen LogP contribution is 2.30. The standard InChI is InChI=1S/C20H27NO5S/c1-15-9-11-19(12-10-15)27(22,23)21(14-20(25-4)26-5)16(2)17-7-6-8-18(13-17)24-3/h6-13,16,20H,14H2,1-5H3/i3D. The summed E-state index contributed by atoms with van der Waals surface area (Å²) in [5.41, 5.74) is 1.72.